The number of anilines is 1. The van der Waals surface area contributed by atoms with E-state index in [0.717, 1.165) is 31.9 Å². The molecule has 3 rings (SSSR count). The Hall–Kier alpha value is -1.88. The highest BCUT2D eigenvalue weighted by atomic mass is 32.2. The minimum Gasteiger partial charge on any atom is -0.748 e. The number of hydrogen-bond acceptors (Lipinski definition) is 8. The first-order chi connectivity index (χ1) is 12.9. The number of aryl methyl sites for hydroxylation is 1. The second-order valence-electron chi connectivity index (χ2n) is 6.50. The fraction of sp³-hybridized carbons (Fsp3) is 0.471. The average molecular weight is 410 g/mol. The molecule has 1 saturated heterocycles. The van der Waals surface area contributed by atoms with Crippen molar-refractivity contribution in [1.82, 2.24) is 4.90 Å². The standard InChI is InChI=1S/C17H23N5O3S2/c1-20-8-10-21(11-9-20)16-5-3-15(4-6-16)18-19-17-22(12-13-26-17)7-2-14-27(23,24)25/h3-6,12-13H,2,7-11,14H2,1H3. The van der Waals surface area contributed by atoms with Crippen molar-refractivity contribution >= 4 is 38.0 Å². The van der Waals surface area contributed by atoms with Gasteiger partial charge in [-0.05, 0) is 54.2 Å². The first-order valence-electron chi connectivity index (χ1n) is 8.76. The summed E-state index contributed by atoms with van der Waals surface area (Å²) in [6.07, 6.45) is 2.07. The van der Waals surface area contributed by atoms with Crippen molar-refractivity contribution in [3.8, 4) is 0 Å². The van der Waals surface area contributed by atoms with Crippen LogP contribution in [0.4, 0.5) is 16.5 Å². The molecule has 0 unspecified atom stereocenters. The lowest BCUT2D eigenvalue weighted by molar-refractivity contribution is -0.680. The Kier molecular flexibility index (Phi) is 6.53. The van der Waals surface area contributed by atoms with E-state index in [2.05, 4.69) is 39.2 Å². The van der Waals surface area contributed by atoms with E-state index in [1.807, 2.05) is 23.7 Å². The van der Waals surface area contributed by atoms with Crippen molar-refractivity contribution in [2.45, 2.75) is 13.0 Å². The summed E-state index contributed by atoms with van der Waals surface area (Å²) in [6.45, 7) is 4.58. The molecular weight excluding hydrogens is 386 g/mol. The minimum atomic E-state index is -4.18. The number of piperazine rings is 1. The average Bonchev–Trinajstić information content (AvgIpc) is 3.07. The lowest BCUT2D eigenvalue weighted by Gasteiger charge is -2.34. The number of aromatic nitrogens is 1. The Morgan fingerprint density at radius 1 is 1.15 bits per heavy atom. The van der Waals surface area contributed by atoms with Gasteiger partial charge in [0.25, 0.3) is 0 Å². The zero-order valence-corrected chi connectivity index (χ0v) is 16.8. The van der Waals surface area contributed by atoms with E-state index in [-0.39, 0.29) is 12.2 Å². The molecule has 1 aliphatic heterocycles. The summed E-state index contributed by atoms with van der Waals surface area (Å²) in [5, 5.41) is 11.1. The molecule has 0 atom stereocenters. The second-order valence-corrected chi connectivity index (χ2v) is 8.90. The van der Waals surface area contributed by atoms with Crippen molar-refractivity contribution in [3.05, 3.63) is 35.8 Å². The van der Waals surface area contributed by atoms with Crippen LogP contribution in [0, 0.1) is 0 Å². The minimum absolute atomic E-state index is 0.259. The van der Waals surface area contributed by atoms with Gasteiger partial charge in [-0.3, -0.25) is 0 Å². The maximum Gasteiger partial charge on any atom is 0.408 e. The first-order valence-corrected chi connectivity index (χ1v) is 11.2. The third-order valence-electron chi connectivity index (χ3n) is 4.42. The highest BCUT2D eigenvalue weighted by molar-refractivity contribution is 7.85. The molecule has 0 aliphatic carbocycles. The van der Waals surface area contributed by atoms with Crippen LogP contribution in [-0.2, 0) is 16.7 Å². The van der Waals surface area contributed by atoms with E-state index in [0.29, 0.717) is 11.7 Å². The van der Waals surface area contributed by atoms with Gasteiger partial charge in [0, 0.05) is 43.0 Å². The molecule has 1 aromatic carbocycles. The van der Waals surface area contributed by atoms with Gasteiger partial charge in [-0.25, -0.2) is 13.0 Å². The maximum absolute atomic E-state index is 10.7. The summed E-state index contributed by atoms with van der Waals surface area (Å²) in [5.41, 5.74) is 1.95. The molecule has 0 amide bonds. The number of azo groups is 1. The molecule has 0 N–H and O–H groups in total. The summed E-state index contributed by atoms with van der Waals surface area (Å²) in [7, 11) is -2.05. The highest BCUT2D eigenvalue weighted by Gasteiger charge is 2.15. The molecule has 0 radical (unpaired) electrons. The molecule has 27 heavy (non-hydrogen) atoms. The summed E-state index contributed by atoms with van der Waals surface area (Å²) in [6, 6.07) is 8.00. The van der Waals surface area contributed by atoms with Crippen LogP contribution < -0.4 is 9.47 Å². The van der Waals surface area contributed by atoms with Gasteiger partial charge in [0.1, 0.15) is 11.9 Å². The molecule has 2 heterocycles. The van der Waals surface area contributed by atoms with Gasteiger partial charge >= 0.3 is 5.13 Å². The topological polar surface area (TPSA) is 92.3 Å². The predicted octanol–water partition coefficient (Wildman–Crippen LogP) is 2.14. The summed E-state index contributed by atoms with van der Waals surface area (Å²) in [5.74, 6) is -0.375. The molecule has 1 aliphatic rings. The van der Waals surface area contributed by atoms with Crippen LogP contribution in [0.1, 0.15) is 6.42 Å². The summed E-state index contributed by atoms with van der Waals surface area (Å²) in [4.78, 5) is 4.68. The number of nitrogens with zero attached hydrogens (tertiary/aromatic N) is 5. The largest absolute Gasteiger partial charge is 0.748 e. The Morgan fingerprint density at radius 2 is 1.85 bits per heavy atom. The Labute approximate surface area is 163 Å². The Bertz CT molecular complexity index is 872. The summed E-state index contributed by atoms with van der Waals surface area (Å²) < 4.78 is 33.9. The maximum atomic E-state index is 10.7. The van der Waals surface area contributed by atoms with Gasteiger partial charge in [-0.15, -0.1) is 0 Å². The zero-order valence-electron chi connectivity index (χ0n) is 15.2. The molecule has 1 aromatic heterocycles. The molecule has 0 saturated carbocycles. The lowest BCUT2D eigenvalue weighted by Crippen LogP contribution is -2.44. The highest BCUT2D eigenvalue weighted by Crippen LogP contribution is 2.23. The zero-order chi connectivity index (χ0) is 19.3. The van der Waals surface area contributed by atoms with Gasteiger partial charge in [0.05, 0.1) is 21.8 Å². The monoisotopic (exact) mass is 409 g/mol. The van der Waals surface area contributed by atoms with E-state index in [4.69, 9.17) is 0 Å². The number of thiazole rings is 1. The Morgan fingerprint density at radius 3 is 2.52 bits per heavy atom. The van der Waals surface area contributed by atoms with Crippen molar-refractivity contribution in [2.24, 2.45) is 10.2 Å². The number of rotatable bonds is 7. The van der Waals surface area contributed by atoms with Crippen LogP contribution in [0.2, 0.25) is 0 Å². The molecule has 1 fully saturated rings. The van der Waals surface area contributed by atoms with Crippen molar-refractivity contribution < 1.29 is 17.5 Å². The molecule has 10 heteroatoms. The van der Waals surface area contributed by atoms with Crippen LogP contribution in [0.25, 0.3) is 0 Å². The number of likely N-dealkylation sites (N-methyl/N-ethyl adjacent to an activating group) is 1. The van der Waals surface area contributed by atoms with E-state index in [1.165, 1.54) is 17.0 Å². The van der Waals surface area contributed by atoms with Crippen LogP contribution in [0.3, 0.4) is 0 Å². The lowest BCUT2D eigenvalue weighted by atomic mass is 10.2. The quantitative estimate of drug-likeness (QED) is 0.397. The smallest absolute Gasteiger partial charge is 0.408 e. The molecule has 0 bridgehead atoms. The van der Waals surface area contributed by atoms with E-state index in [1.54, 1.807) is 4.57 Å². The van der Waals surface area contributed by atoms with Crippen LogP contribution in [0.5, 0.6) is 0 Å². The Balaban J connectivity index is 1.59. The molecule has 146 valence electrons. The van der Waals surface area contributed by atoms with Crippen molar-refractivity contribution in [2.75, 3.05) is 43.9 Å². The fourth-order valence-corrected chi connectivity index (χ4v) is 4.04. The van der Waals surface area contributed by atoms with Gasteiger partial charge in [-0.1, -0.05) is 0 Å². The van der Waals surface area contributed by atoms with Crippen molar-refractivity contribution in [1.29, 1.82) is 0 Å². The van der Waals surface area contributed by atoms with Gasteiger partial charge in [0.2, 0.25) is 0 Å². The van der Waals surface area contributed by atoms with E-state index < -0.39 is 10.1 Å². The normalized spacial score (nSPS) is 16.3. The van der Waals surface area contributed by atoms with Crippen LogP contribution in [-0.4, -0.2) is 56.9 Å². The third kappa shape index (κ3) is 6.06. The van der Waals surface area contributed by atoms with E-state index >= 15 is 0 Å². The summed E-state index contributed by atoms with van der Waals surface area (Å²) >= 11 is 1.41. The van der Waals surface area contributed by atoms with Crippen LogP contribution >= 0.6 is 11.3 Å². The number of hydrogen-bond donors (Lipinski definition) is 0. The van der Waals surface area contributed by atoms with Gasteiger partial charge in [-0.2, -0.15) is 0 Å². The van der Waals surface area contributed by atoms with Crippen molar-refractivity contribution in [3.63, 3.8) is 0 Å². The predicted molar refractivity (Wildman–Crippen MR) is 104 cm³/mol. The third-order valence-corrected chi connectivity index (χ3v) is 6.00. The SMILES string of the molecule is CN1CCN(c2ccc(N=Nc3scc[n+]3CCCS(=O)(=O)[O-])cc2)CC1. The fourth-order valence-electron chi connectivity index (χ4n) is 2.85. The van der Waals surface area contributed by atoms with Crippen LogP contribution in [0.15, 0.2) is 46.1 Å². The first kappa shape index (κ1) is 19.9. The van der Waals surface area contributed by atoms with E-state index in [9.17, 15) is 13.0 Å². The molecule has 2 aromatic rings. The molecular formula is C17H23N5O3S2. The molecule has 8 nitrogen and oxygen atoms in total. The number of benzene rings is 1. The second kappa shape index (κ2) is 8.87. The molecule has 0 spiro atoms. The van der Waals surface area contributed by atoms with Gasteiger partial charge < -0.3 is 14.4 Å². The van der Waals surface area contributed by atoms with Gasteiger partial charge in [0.15, 0.2) is 0 Å².